The molecule has 0 radical (unpaired) electrons. The Bertz CT molecular complexity index is 1230. The Morgan fingerprint density at radius 1 is 1.03 bits per heavy atom. The van der Waals surface area contributed by atoms with Crippen LogP contribution in [-0.2, 0) is 12.8 Å². The lowest BCUT2D eigenvalue weighted by atomic mass is 10.0. The molecule has 3 aromatic carbocycles. The minimum atomic E-state index is -0.208. The van der Waals surface area contributed by atoms with E-state index in [1.54, 1.807) is 12.1 Å². The van der Waals surface area contributed by atoms with Gasteiger partial charge in [0.25, 0.3) is 0 Å². The molecule has 0 saturated carbocycles. The molecule has 0 saturated heterocycles. The number of nitrogens with one attached hydrogen (secondary N) is 2. The molecular formula is C26H22FN3. The van der Waals surface area contributed by atoms with Crippen molar-refractivity contribution in [2.45, 2.75) is 12.8 Å². The predicted molar refractivity (Wildman–Crippen MR) is 119 cm³/mol. The maximum atomic E-state index is 13.3. The molecule has 4 rings (SSSR count). The third kappa shape index (κ3) is 4.42. The van der Waals surface area contributed by atoms with Crippen molar-refractivity contribution < 1.29 is 4.39 Å². The summed E-state index contributed by atoms with van der Waals surface area (Å²) in [6, 6.07) is 22.7. The quantitative estimate of drug-likeness (QED) is 0.430. The number of aromatic amines is 1. The summed E-state index contributed by atoms with van der Waals surface area (Å²) in [6.45, 7) is 4.89. The molecule has 0 aliphatic rings. The van der Waals surface area contributed by atoms with Gasteiger partial charge in [-0.3, -0.25) is 0 Å². The maximum Gasteiger partial charge on any atom is 0.123 e. The van der Waals surface area contributed by atoms with Gasteiger partial charge in [0.2, 0.25) is 0 Å². The molecule has 2 N–H and O–H groups in total. The second kappa shape index (κ2) is 8.67. The van der Waals surface area contributed by atoms with Crippen LogP contribution in [0.3, 0.4) is 0 Å². The highest BCUT2D eigenvalue weighted by Crippen LogP contribution is 2.20. The first kappa shape index (κ1) is 19.5. The Morgan fingerprint density at radius 2 is 1.87 bits per heavy atom. The number of rotatable bonds is 7. The fourth-order valence-electron chi connectivity index (χ4n) is 3.61. The summed E-state index contributed by atoms with van der Waals surface area (Å²) in [6.07, 6.45) is 3.52. The largest absolute Gasteiger partial charge is 0.385 e. The van der Waals surface area contributed by atoms with Gasteiger partial charge in [0.15, 0.2) is 0 Å². The lowest BCUT2D eigenvalue weighted by Crippen LogP contribution is -2.15. The number of hydrogen-bond donors (Lipinski definition) is 2. The number of nitriles is 1. The highest BCUT2D eigenvalue weighted by molar-refractivity contribution is 5.84. The maximum absolute atomic E-state index is 13.3. The van der Waals surface area contributed by atoms with E-state index >= 15 is 0 Å². The molecular weight excluding hydrogens is 373 g/mol. The Hall–Kier alpha value is -3.84. The van der Waals surface area contributed by atoms with Crippen molar-refractivity contribution in [1.82, 2.24) is 10.3 Å². The number of hydrogen-bond acceptors (Lipinski definition) is 2. The average Bonchev–Trinajstić information content (AvgIpc) is 3.16. The van der Waals surface area contributed by atoms with Crippen LogP contribution >= 0.6 is 0 Å². The molecule has 1 aromatic heterocycles. The number of halogens is 1. The van der Waals surface area contributed by atoms with E-state index in [2.05, 4.69) is 35.1 Å². The molecule has 4 aromatic rings. The molecule has 0 atom stereocenters. The van der Waals surface area contributed by atoms with Gasteiger partial charge in [-0.25, -0.2) is 4.39 Å². The van der Waals surface area contributed by atoms with Gasteiger partial charge in [-0.1, -0.05) is 43.0 Å². The van der Waals surface area contributed by atoms with Gasteiger partial charge in [0.1, 0.15) is 5.82 Å². The first-order valence-corrected chi connectivity index (χ1v) is 9.89. The van der Waals surface area contributed by atoms with Crippen LogP contribution < -0.4 is 5.32 Å². The average molecular weight is 395 g/mol. The van der Waals surface area contributed by atoms with Crippen molar-refractivity contribution in [3.8, 4) is 6.07 Å². The van der Waals surface area contributed by atoms with E-state index in [0.717, 1.165) is 46.3 Å². The Balaban J connectivity index is 1.35. The Kier molecular flexibility index (Phi) is 5.63. The summed E-state index contributed by atoms with van der Waals surface area (Å²) < 4.78 is 13.3. The lowest BCUT2D eigenvalue weighted by molar-refractivity contribution is 0.626. The van der Waals surface area contributed by atoms with Crippen LogP contribution in [0.25, 0.3) is 16.6 Å². The summed E-state index contributed by atoms with van der Waals surface area (Å²) in [4.78, 5) is 3.26. The molecule has 148 valence electrons. The number of benzene rings is 3. The smallest absolute Gasteiger partial charge is 0.123 e. The van der Waals surface area contributed by atoms with Gasteiger partial charge in [0.05, 0.1) is 11.6 Å². The molecule has 30 heavy (non-hydrogen) atoms. The first-order valence-electron chi connectivity index (χ1n) is 9.89. The van der Waals surface area contributed by atoms with Gasteiger partial charge in [-0.2, -0.15) is 5.26 Å². The van der Waals surface area contributed by atoms with Crippen molar-refractivity contribution in [1.29, 1.82) is 5.26 Å². The second-order valence-corrected chi connectivity index (χ2v) is 7.35. The molecule has 0 amide bonds. The standard InChI is InChI=1S/C26H22FN3/c1-18(22-8-5-19(6-9-22)13-20-3-2-4-24(27)14-20)29-12-11-23-17-30-26-10-7-21(16-28)15-25(23)26/h2-10,14-15,17,29-30H,1,11-13H2. The Morgan fingerprint density at radius 3 is 2.63 bits per heavy atom. The highest BCUT2D eigenvalue weighted by atomic mass is 19.1. The van der Waals surface area contributed by atoms with E-state index < -0.39 is 0 Å². The van der Waals surface area contributed by atoms with Crippen LogP contribution in [0.15, 0.2) is 79.5 Å². The number of aromatic nitrogens is 1. The zero-order chi connectivity index (χ0) is 20.9. The number of H-pyrrole nitrogens is 1. The van der Waals surface area contributed by atoms with Gasteiger partial charge >= 0.3 is 0 Å². The van der Waals surface area contributed by atoms with Crippen molar-refractivity contribution in [3.05, 3.63) is 113 Å². The van der Waals surface area contributed by atoms with Crippen molar-refractivity contribution in [3.63, 3.8) is 0 Å². The van der Waals surface area contributed by atoms with Gasteiger partial charge in [0, 0.05) is 29.3 Å². The van der Waals surface area contributed by atoms with Crippen LogP contribution in [0.2, 0.25) is 0 Å². The third-order valence-electron chi connectivity index (χ3n) is 5.23. The van der Waals surface area contributed by atoms with E-state index in [9.17, 15) is 4.39 Å². The van der Waals surface area contributed by atoms with Crippen LogP contribution in [0.5, 0.6) is 0 Å². The molecule has 0 unspecified atom stereocenters. The predicted octanol–water partition coefficient (Wildman–Crippen LogP) is 5.57. The van der Waals surface area contributed by atoms with E-state index in [-0.39, 0.29) is 5.82 Å². The topological polar surface area (TPSA) is 51.6 Å². The number of nitrogens with zero attached hydrogens (tertiary/aromatic N) is 1. The van der Waals surface area contributed by atoms with Crippen LogP contribution in [-0.4, -0.2) is 11.5 Å². The van der Waals surface area contributed by atoms with Crippen molar-refractivity contribution in [2.24, 2.45) is 0 Å². The summed E-state index contributed by atoms with van der Waals surface area (Å²) in [5.41, 5.74) is 6.86. The van der Waals surface area contributed by atoms with Gasteiger partial charge < -0.3 is 10.3 Å². The zero-order valence-corrected chi connectivity index (χ0v) is 16.6. The zero-order valence-electron chi connectivity index (χ0n) is 16.6. The fraction of sp³-hybridized carbons (Fsp3) is 0.115. The van der Waals surface area contributed by atoms with E-state index in [4.69, 9.17) is 5.26 Å². The third-order valence-corrected chi connectivity index (χ3v) is 5.23. The molecule has 0 bridgehead atoms. The normalized spacial score (nSPS) is 10.7. The van der Waals surface area contributed by atoms with Crippen molar-refractivity contribution in [2.75, 3.05) is 6.54 Å². The number of fused-ring (bicyclic) bond motifs is 1. The van der Waals surface area contributed by atoms with Gasteiger partial charge in [-0.15, -0.1) is 0 Å². The Labute approximate surface area is 175 Å². The van der Waals surface area contributed by atoms with Crippen molar-refractivity contribution >= 4 is 16.6 Å². The summed E-state index contributed by atoms with van der Waals surface area (Å²) in [5.74, 6) is -0.208. The van der Waals surface area contributed by atoms with Gasteiger partial charge in [-0.05, 0) is 65.4 Å². The summed E-state index contributed by atoms with van der Waals surface area (Å²) in [5, 5.41) is 13.6. The molecule has 0 aliphatic heterocycles. The molecule has 0 fully saturated rings. The molecule has 1 heterocycles. The molecule has 0 aliphatic carbocycles. The SMILES string of the molecule is C=C(NCCc1c[nH]c2ccc(C#N)cc12)c1ccc(Cc2cccc(F)c2)cc1. The first-order chi connectivity index (χ1) is 14.6. The second-order valence-electron chi connectivity index (χ2n) is 7.35. The fourth-order valence-corrected chi connectivity index (χ4v) is 3.61. The summed E-state index contributed by atoms with van der Waals surface area (Å²) >= 11 is 0. The van der Waals surface area contributed by atoms with Crippen LogP contribution in [0, 0.1) is 17.1 Å². The molecule has 0 spiro atoms. The van der Waals surface area contributed by atoms with Crippen LogP contribution in [0.4, 0.5) is 4.39 Å². The molecule has 4 heteroatoms. The van der Waals surface area contributed by atoms with E-state index in [1.165, 1.54) is 11.6 Å². The monoisotopic (exact) mass is 395 g/mol. The highest BCUT2D eigenvalue weighted by Gasteiger charge is 2.06. The lowest BCUT2D eigenvalue weighted by Gasteiger charge is -2.11. The summed E-state index contributed by atoms with van der Waals surface area (Å²) in [7, 11) is 0. The van der Waals surface area contributed by atoms with E-state index in [0.29, 0.717) is 12.0 Å². The molecule has 3 nitrogen and oxygen atoms in total. The minimum Gasteiger partial charge on any atom is -0.385 e. The van der Waals surface area contributed by atoms with E-state index in [1.807, 2.05) is 42.6 Å². The van der Waals surface area contributed by atoms with Crippen LogP contribution in [0.1, 0.15) is 27.8 Å². The minimum absolute atomic E-state index is 0.208.